The lowest BCUT2D eigenvalue weighted by atomic mass is 10.2. The second-order valence-corrected chi connectivity index (χ2v) is 9.24. The molecule has 1 N–H and O–H groups in total. The van der Waals surface area contributed by atoms with E-state index in [1.54, 1.807) is 55.5 Å². The molecule has 2 aromatic carbocycles. The third-order valence-corrected chi connectivity index (χ3v) is 7.52. The van der Waals surface area contributed by atoms with Crippen molar-refractivity contribution in [2.75, 3.05) is 31.5 Å². The van der Waals surface area contributed by atoms with Gasteiger partial charge in [0.2, 0.25) is 15.9 Å². The van der Waals surface area contributed by atoms with Gasteiger partial charge in [0, 0.05) is 26.2 Å². The van der Waals surface area contributed by atoms with Crippen molar-refractivity contribution in [1.82, 2.24) is 9.21 Å². The topological polar surface area (TPSA) is 69.7 Å². The van der Waals surface area contributed by atoms with E-state index in [9.17, 15) is 13.2 Å². The Kier molecular flexibility index (Phi) is 6.62. The molecule has 0 saturated carbocycles. The van der Waals surface area contributed by atoms with E-state index in [1.165, 1.54) is 4.31 Å². The smallest absolute Gasteiger partial charge is 0.243 e. The van der Waals surface area contributed by atoms with Crippen LogP contribution < -0.4 is 5.32 Å². The lowest BCUT2D eigenvalue weighted by Crippen LogP contribution is -2.53. The molecule has 28 heavy (non-hydrogen) atoms. The Morgan fingerprint density at radius 3 is 2.29 bits per heavy atom. The molecule has 9 heteroatoms. The average molecular weight is 442 g/mol. The predicted octanol–water partition coefficient (Wildman–Crippen LogP) is 3.33. The molecule has 1 aliphatic heterocycles. The molecule has 3 rings (SSSR count). The fourth-order valence-electron chi connectivity index (χ4n) is 3.08. The molecule has 0 unspecified atom stereocenters. The number of sulfonamides is 1. The third-order valence-electron chi connectivity index (χ3n) is 4.79. The summed E-state index contributed by atoms with van der Waals surface area (Å²) in [6, 6.07) is 13.0. The van der Waals surface area contributed by atoms with E-state index < -0.39 is 16.1 Å². The Bertz CT molecular complexity index is 946. The first kappa shape index (κ1) is 21.1. The molecule has 0 bridgehead atoms. The van der Waals surface area contributed by atoms with Gasteiger partial charge >= 0.3 is 0 Å². The standard InChI is InChI=1S/C19H21Cl2N3O3S/c1-14(19(25)22-17-9-5-8-16(20)18(17)21)23-10-12-24(13-11-23)28(26,27)15-6-3-2-4-7-15/h2-9,14H,10-13H2,1H3,(H,22,25)/t14-/m1/s1. The number of anilines is 1. The van der Waals surface area contributed by atoms with Crippen molar-refractivity contribution in [2.24, 2.45) is 0 Å². The van der Waals surface area contributed by atoms with Crippen LogP contribution in [0.3, 0.4) is 0 Å². The maximum atomic E-state index is 12.7. The number of nitrogens with zero attached hydrogens (tertiary/aromatic N) is 2. The Morgan fingerprint density at radius 2 is 1.64 bits per heavy atom. The maximum Gasteiger partial charge on any atom is 0.243 e. The summed E-state index contributed by atoms with van der Waals surface area (Å²) in [6.45, 7) is 3.36. The van der Waals surface area contributed by atoms with Crippen LogP contribution in [0.2, 0.25) is 10.0 Å². The van der Waals surface area contributed by atoms with E-state index in [0.29, 0.717) is 41.9 Å². The number of amides is 1. The van der Waals surface area contributed by atoms with Crippen LogP contribution in [0.4, 0.5) is 5.69 Å². The van der Waals surface area contributed by atoms with Gasteiger partial charge in [0.25, 0.3) is 0 Å². The van der Waals surface area contributed by atoms with Crippen LogP contribution in [0, 0.1) is 0 Å². The van der Waals surface area contributed by atoms with Crippen molar-refractivity contribution in [1.29, 1.82) is 0 Å². The number of hydrogen-bond acceptors (Lipinski definition) is 4. The summed E-state index contributed by atoms with van der Waals surface area (Å²) in [7, 11) is -3.52. The molecular weight excluding hydrogens is 421 g/mol. The Hall–Kier alpha value is -1.64. The molecule has 1 fully saturated rings. The normalized spacial score (nSPS) is 17.2. The molecule has 0 radical (unpaired) electrons. The zero-order chi connectivity index (χ0) is 20.3. The van der Waals surface area contributed by atoms with Crippen LogP contribution in [0.1, 0.15) is 6.92 Å². The number of hydrogen-bond donors (Lipinski definition) is 1. The van der Waals surface area contributed by atoms with E-state index in [1.807, 2.05) is 4.90 Å². The van der Waals surface area contributed by atoms with Crippen LogP contribution in [-0.2, 0) is 14.8 Å². The SMILES string of the molecule is C[C@H](C(=O)Nc1cccc(Cl)c1Cl)N1CCN(S(=O)(=O)c2ccccc2)CC1. The Morgan fingerprint density at radius 1 is 1.00 bits per heavy atom. The van der Waals surface area contributed by atoms with Crippen molar-refractivity contribution < 1.29 is 13.2 Å². The van der Waals surface area contributed by atoms with Crippen molar-refractivity contribution >= 4 is 44.8 Å². The second-order valence-electron chi connectivity index (χ2n) is 6.52. The van der Waals surface area contributed by atoms with Crippen LogP contribution in [0.15, 0.2) is 53.4 Å². The summed E-state index contributed by atoms with van der Waals surface area (Å²) in [5.74, 6) is -0.219. The first-order chi connectivity index (χ1) is 13.3. The molecule has 1 amide bonds. The zero-order valence-corrected chi connectivity index (χ0v) is 17.6. The summed E-state index contributed by atoms with van der Waals surface area (Å²) < 4.78 is 26.9. The van der Waals surface area contributed by atoms with Crippen LogP contribution in [-0.4, -0.2) is 55.8 Å². The number of carbonyl (C=O) groups excluding carboxylic acids is 1. The number of carbonyl (C=O) groups is 1. The summed E-state index contributed by atoms with van der Waals surface area (Å²) in [5, 5.41) is 3.45. The molecule has 1 heterocycles. The fraction of sp³-hybridized carbons (Fsp3) is 0.316. The molecular formula is C19H21Cl2N3O3S. The minimum absolute atomic E-state index is 0.219. The van der Waals surface area contributed by atoms with Crippen molar-refractivity contribution in [3.8, 4) is 0 Å². The highest BCUT2D eigenvalue weighted by Gasteiger charge is 2.31. The summed E-state index contributed by atoms with van der Waals surface area (Å²) >= 11 is 12.1. The molecule has 1 aliphatic rings. The van der Waals surface area contributed by atoms with Gasteiger partial charge in [-0.3, -0.25) is 9.69 Å². The number of benzene rings is 2. The Balaban J connectivity index is 1.61. The molecule has 0 aromatic heterocycles. The second kappa shape index (κ2) is 8.80. The minimum atomic E-state index is -3.52. The number of nitrogens with one attached hydrogen (secondary N) is 1. The first-order valence-electron chi connectivity index (χ1n) is 8.85. The number of halogens is 2. The summed E-state index contributed by atoms with van der Waals surface area (Å²) in [6.07, 6.45) is 0. The monoisotopic (exact) mass is 441 g/mol. The number of piperazine rings is 1. The van der Waals surface area contributed by atoms with Gasteiger partial charge in [0.1, 0.15) is 0 Å². The van der Waals surface area contributed by atoms with Gasteiger partial charge in [-0.05, 0) is 31.2 Å². The quantitative estimate of drug-likeness (QED) is 0.772. The van der Waals surface area contributed by atoms with Crippen LogP contribution in [0.25, 0.3) is 0 Å². The highest BCUT2D eigenvalue weighted by atomic mass is 35.5. The molecule has 1 saturated heterocycles. The average Bonchev–Trinajstić information content (AvgIpc) is 2.71. The first-order valence-corrected chi connectivity index (χ1v) is 11.0. The van der Waals surface area contributed by atoms with Gasteiger partial charge in [-0.25, -0.2) is 8.42 Å². The van der Waals surface area contributed by atoms with Crippen molar-refractivity contribution in [3.05, 3.63) is 58.6 Å². The summed E-state index contributed by atoms with van der Waals surface area (Å²) in [4.78, 5) is 14.8. The molecule has 150 valence electrons. The van der Waals surface area contributed by atoms with E-state index in [4.69, 9.17) is 23.2 Å². The minimum Gasteiger partial charge on any atom is -0.323 e. The molecule has 0 aliphatic carbocycles. The van der Waals surface area contributed by atoms with E-state index >= 15 is 0 Å². The lowest BCUT2D eigenvalue weighted by Gasteiger charge is -2.36. The number of rotatable bonds is 5. The van der Waals surface area contributed by atoms with Crippen molar-refractivity contribution in [3.63, 3.8) is 0 Å². The van der Waals surface area contributed by atoms with E-state index in [2.05, 4.69) is 5.32 Å². The van der Waals surface area contributed by atoms with Crippen LogP contribution >= 0.6 is 23.2 Å². The highest BCUT2D eigenvalue weighted by molar-refractivity contribution is 7.89. The highest BCUT2D eigenvalue weighted by Crippen LogP contribution is 2.29. The molecule has 2 aromatic rings. The fourth-order valence-corrected chi connectivity index (χ4v) is 4.87. The molecule has 6 nitrogen and oxygen atoms in total. The van der Waals surface area contributed by atoms with E-state index in [-0.39, 0.29) is 10.8 Å². The van der Waals surface area contributed by atoms with Gasteiger partial charge in [-0.2, -0.15) is 4.31 Å². The maximum absolute atomic E-state index is 12.7. The summed E-state index contributed by atoms with van der Waals surface area (Å²) in [5.41, 5.74) is 0.455. The van der Waals surface area contributed by atoms with Gasteiger partial charge in [0.15, 0.2) is 0 Å². The van der Waals surface area contributed by atoms with Crippen molar-refractivity contribution in [2.45, 2.75) is 17.9 Å². The predicted molar refractivity (Wildman–Crippen MR) is 111 cm³/mol. The Labute approximate surface area is 175 Å². The zero-order valence-electron chi connectivity index (χ0n) is 15.3. The van der Waals surface area contributed by atoms with Gasteiger partial charge in [-0.1, -0.05) is 47.5 Å². The molecule has 1 atom stereocenters. The molecule has 0 spiro atoms. The van der Waals surface area contributed by atoms with Gasteiger partial charge < -0.3 is 5.32 Å². The third kappa shape index (κ3) is 4.50. The van der Waals surface area contributed by atoms with Gasteiger partial charge in [0.05, 0.1) is 26.7 Å². The van der Waals surface area contributed by atoms with Gasteiger partial charge in [-0.15, -0.1) is 0 Å². The van der Waals surface area contributed by atoms with E-state index in [0.717, 1.165) is 0 Å². The largest absolute Gasteiger partial charge is 0.323 e. The lowest BCUT2D eigenvalue weighted by molar-refractivity contribution is -0.121. The van der Waals surface area contributed by atoms with Crippen LogP contribution in [0.5, 0.6) is 0 Å².